The van der Waals surface area contributed by atoms with Gasteiger partial charge >= 0.3 is 5.69 Å². The summed E-state index contributed by atoms with van der Waals surface area (Å²) in [6, 6.07) is 10.9. The van der Waals surface area contributed by atoms with Crippen molar-refractivity contribution in [3.8, 4) is 5.75 Å². The number of amides is 3. The van der Waals surface area contributed by atoms with E-state index in [1.165, 1.54) is 36.4 Å². The van der Waals surface area contributed by atoms with Crippen molar-refractivity contribution in [1.29, 1.82) is 0 Å². The molecule has 2 rings (SSSR count). The fourth-order valence-electron chi connectivity index (χ4n) is 2.67. The molecule has 3 N–H and O–H groups in total. The van der Waals surface area contributed by atoms with Crippen molar-refractivity contribution in [2.75, 3.05) is 6.61 Å². The van der Waals surface area contributed by atoms with Gasteiger partial charge in [0.25, 0.3) is 17.7 Å². The molecule has 3 amide bonds. The Hall–Kier alpha value is -3.66. The minimum Gasteiger partial charge on any atom is -0.477 e. The molecule has 0 aliphatic rings. The van der Waals surface area contributed by atoms with E-state index in [1.54, 1.807) is 12.1 Å². The molecule has 0 spiro atoms. The Balaban J connectivity index is 1.92. The first kappa shape index (κ1) is 24.6. The topological polar surface area (TPSA) is 140 Å². The smallest absolute Gasteiger partial charge is 0.310 e. The Morgan fingerprint density at radius 1 is 1.06 bits per heavy atom. The highest BCUT2D eigenvalue weighted by Gasteiger charge is 2.23. The summed E-state index contributed by atoms with van der Waals surface area (Å²) in [6.45, 7) is 3.21. The average Bonchev–Trinajstić information content (AvgIpc) is 2.75. The Kier molecular flexibility index (Phi) is 8.96. The first-order chi connectivity index (χ1) is 15.2. The second kappa shape index (κ2) is 11.7. The SMILES string of the molecule is CC(C)CC(NC(=O)c1ccc(Cl)cc1)C(=O)NNC(=O)COc1ccccc1[N+](=O)[O-]. The molecule has 0 heterocycles. The van der Waals surface area contributed by atoms with Crippen molar-refractivity contribution < 1.29 is 24.0 Å². The number of hydrogen-bond donors (Lipinski definition) is 3. The number of para-hydroxylation sites is 2. The van der Waals surface area contributed by atoms with Crippen LogP contribution in [0, 0.1) is 16.0 Å². The second-order valence-electron chi connectivity index (χ2n) is 7.21. The fourth-order valence-corrected chi connectivity index (χ4v) is 2.80. The van der Waals surface area contributed by atoms with Crippen molar-refractivity contribution >= 4 is 35.0 Å². The van der Waals surface area contributed by atoms with E-state index in [2.05, 4.69) is 16.2 Å². The van der Waals surface area contributed by atoms with Crippen LogP contribution in [0.3, 0.4) is 0 Å². The molecule has 0 aliphatic carbocycles. The van der Waals surface area contributed by atoms with Gasteiger partial charge in [-0.15, -0.1) is 0 Å². The zero-order chi connectivity index (χ0) is 23.7. The minimum atomic E-state index is -0.908. The van der Waals surface area contributed by atoms with Gasteiger partial charge in [-0.05, 0) is 42.7 Å². The zero-order valence-corrected chi connectivity index (χ0v) is 18.2. The first-order valence-corrected chi connectivity index (χ1v) is 10.1. The van der Waals surface area contributed by atoms with Crippen LogP contribution in [0.15, 0.2) is 48.5 Å². The van der Waals surface area contributed by atoms with Crippen molar-refractivity contribution in [3.05, 3.63) is 69.2 Å². The molecule has 2 aromatic rings. The third kappa shape index (κ3) is 7.55. The number of halogens is 1. The molecule has 0 saturated heterocycles. The van der Waals surface area contributed by atoms with Crippen LogP contribution < -0.4 is 20.9 Å². The molecule has 2 aromatic carbocycles. The van der Waals surface area contributed by atoms with E-state index in [9.17, 15) is 24.5 Å². The molecule has 0 radical (unpaired) electrons. The van der Waals surface area contributed by atoms with Crippen LogP contribution in [0.4, 0.5) is 5.69 Å². The van der Waals surface area contributed by atoms with Gasteiger partial charge in [-0.25, -0.2) is 0 Å². The lowest BCUT2D eigenvalue weighted by Gasteiger charge is -2.20. The summed E-state index contributed by atoms with van der Waals surface area (Å²) in [7, 11) is 0. The fraction of sp³-hybridized carbons (Fsp3) is 0.286. The Morgan fingerprint density at radius 3 is 2.34 bits per heavy atom. The van der Waals surface area contributed by atoms with Gasteiger partial charge in [0.15, 0.2) is 12.4 Å². The summed E-state index contributed by atoms with van der Waals surface area (Å²) in [4.78, 5) is 47.3. The summed E-state index contributed by atoms with van der Waals surface area (Å²) in [5, 5.41) is 14.1. The van der Waals surface area contributed by atoms with E-state index < -0.39 is 35.3 Å². The maximum Gasteiger partial charge on any atom is 0.310 e. The molecule has 0 aromatic heterocycles. The lowest BCUT2D eigenvalue weighted by molar-refractivity contribution is -0.385. The number of nitro benzene ring substituents is 1. The van der Waals surface area contributed by atoms with Crippen LogP contribution in [-0.4, -0.2) is 35.3 Å². The molecule has 1 atom stereocenters. The highest BCUT2D eigenvalue weighted by molar-refractivity contribution is 6.30. The number of benzene rings is 2. The van der Waals surface area contributed by atoms with Crippen molar-refractivity contribution in [3.63, 3.8) is 0 Å². The molecule has 0 fully saturated rings. The molecule has 0 bridgehead atoms. The summed E-state index contributed by atoms with van der Waals surface area (Å²) >= 11 is 5.82. The molecule has 1 unspecified atom stereocenters. The van der Waals surface area contributed by atoms with E-state index in [4.69, 9.17) is 16.3 Å². The van der Waals surface area contributed by atoms with Gasteiger partial charge < -0.3 is 10.1 Å². The molecule has 0 saturated carbocycles. The lowest BCUT2D eigenvalue weighted by atomic mass is 10.0. The second-order valence-corrected chi connectivity index (χ2v) is 7.65. The molecular weight excluding hydrogens is 440 g/mol. The number of carbonyl (C=O) groups excluding carboxylic acids is 3. The number of ether oxygens (including phenoxy) is 1. The van der Waals surface area contributed by atoms with Gasteiger partial charge in [-0.1, -0.05) is 37.6 Å². The number of nitrogens with zero attached hydrogens (tertiary/aromatic N) is 1. The summed E-state index contributed by atoms with van der Waals surface area (Å²) in [5.41, 5.74) is 4.46. The van der Waals surface area contributed by atoms with Gasteiger partial charge in [0.2, 0.25) is 0 Å². The molecule has 170 valence electrons. The van der Waals surface area contributed by atoms with Crippen LogP contribution in [0.25, 0.3) is 0 Å². The number of nitrogens with one attached hydrogen (secondary N) is 3. The lowest BCUT2D eigenvalue weighted by Crippen LogP contribution is -2.53. The number of nitro groups is 1. The standard InChI is InChI=1S/C21H23ClN4O6/c1-13(2)11-16(23-20(28)14-7-9-15(22)10-8-14)21(29)25-24-19(27)12-32-18-6-4-3-5-17(18)26(30)31/h3-10,13,16H,11-12H2,1-2H3,(H,23,28)(H,24,27)(H,25,29). The van der Waals surface area contributed by atoms with Crippen LogP contribution in [0.1, 0.15) is 30.6 Å². The maximum absolute atomic E-state index is 12.5. The predicted molar refractivity (Wildman–Crippen MR) is 117 cm³/mol. The van der Waals surface area contributed by atoms with E-state index >= 15 is 0 Å². The van der Waals surface area contributed by atoms with Gasteiger partial charge in [0.1, 0.15) is 6.04 Å². The van der Waals surface area contributed by atoms with Gasteiger partial charge in [-0.2, -0.15) is 0 Å². The van der Waals surface area contributed by atoms with Crippen LogP contribution in [-0.2, 0) is 9.59 Å². The maximum atomic E-state index is 12.5. The van der Waals surface area contributed by atoms with Crippen molar-refractivity contribution in [2.24, 2.45) is 5.92 Å². The summed E-state index contributed by atoms with van der Waals surface area (Å²) in [6.07, 6.45) is 0.327. The van der Waals surface area contributed by atoms with Gasteiger partial charge in [0.05, 0.1) is 4.92 Å². The monoisotopic (exact) mass is 462 g/mol. The first-order valence-electron chi connectivity index (χ1n) is 9.68. The highest BCUT2D eigenvalue weighted by Crippen LogP contribution is 2.25. The van der Waals surface area contributed by atoms with Crippen LogP contribution in [0.5, 0.6) is 5.75 Å². The Labute approximate surface area is 189 Å². The summed E-state index contributed by atoms with van der Waals surface area (Å²) < 4.78 is 5.16. The van der Waals surface area contributed by atoms with E-state index in [1.807, 2.05) is 13.8 Å². The number of hydrazine groups is 1. The van der Waals surface area contributed by atoms with Gasteiger partial charge in [-0.3, -0.25) is 35.3 Å². The average molecular weight is 463 g/mol. The summed E-state index contributed by atoms with van der Waals surface area (Å²) in [5.74, 6) is -1.82. The van der Waals surface area contributed by atoms with Crippen LogP contribution >= 0.6 is 11.6 Å². The number of carbonyl (C=O) groups is 3. The minimum absolute atomic E-state index is 0.0770. The van der Waals surface area contributed by atoms with Gasteiger partial charge in [0, 0.05) is 16.7 Å². The van der Waals surface area contributed by atoms with Crippen molar-refractivity contribution in [1.82, 2.24) is 16.2 Å². The zero-order valence-electron chi connectivity index (χ0n) is 17.5. The normalized spacial score (nSPS) is 11.4. The largest absolute Gasteiger partial charge is 0.477 e. The molecule has 10 nitrogen and oxygen atoms in total. The molecule has 0 aliphatic heterocycles. The molecule has 11 heteroatoms. The number of rotatable bonds is 9. The van der Waals surface area contributed by atoms with E-state index in [0.717, 1.165) is 0 Å². The quantitative estimate of drug-likeness (QED) is 0.386. The third-order valence-corrected chi connectivity index (χ3v) is 4.43. The van der Waals surface area contributed by atoms with Crippen LogP contribution in [0.2, 0.25) is 5.02 Å². The Bertz CT molecular complexity index is 981. The third-order valence-electron chi connectivity index (χ3n) is 4.18. The van der Waals surface area contributed by atoms with E-state index in [0.29, 0.717) is 17.0 Å². The Morgan fingerprint density at radius 2 is 1.72 bits per heavy atom. The van der Waals surface area contributed by atoms with Crippen molar-refractivity contribution in [2.45, 2.75) is 26.3 Å². The predicted octanol–water partition coefficient (Wildman–Crippen LogP) is 2.62. The number of hydrogen-bond acceptors (Lipinski definition) is 6. The molecular formula is C21H23ClN4O6. The highest BCUT2D eigenvalue weighted by atomic mass is 35.5. The molecule has 32 heavy (non-hydrogen) atoms. The van der Waals surface area contributed by atoms with E-state index in [-0.39, 0.29) is 17.4 Å².